The van der Waals surface area contributed by atoms with Crippen LogP contribution in [0.4, 0.5) is 0 Å². The molecule has 0 radical (unpaired) electrons. The molecule has 0 spiro atoms. The summed E-state index contributed by atoms with van der Waals surface area (Å²) in [5, 5.41) is 4.60. The first-order valence-electron chi connectivity index (χ1n) is 6.33. The molecule has 0 atom stereocenters. The Morgan fingerprint density at radius 1 is 1.15 bits per heavy atom. The monoisotopic (exact) mass is 284 g/mol. The first-order chi connectivity index (χ1) is 9.74. The SMILES string of the molecule is O=C(NCc1cccc(Cl)c1)c1cccc2cc[nH]c12. The second kappa shape index (κ2) is 5.39. The average Bonchev–Trinajstić information content (AvgIpc) is 2.93. The predicted octanol–water partition coefficient (Wildman–Crippen LogP) is 3.75. The largest absolute Gasteiger partial charge is 0.361 e. The van der Waals surface area contributed by atoms with Crippen molar-refractivity contribution in [2.24, 2.45) is 0 Å². The van der Waals surface area contributed by atoms with E-state index in [-0.39, 0.29) is 5.91 Å². The third-order valence-corrected chi connectivity index (χ3v) is 3.41. The van der Waals surface area contributed by atoms with Crippen LogP contribution in [0.25, 0.3) is 10.9 Å². The minimum absolute atomic E-state index is 0.0991. The quantitative estimate of drug-likeness (QED) is 0.756. The topological polar surface area (TPSA) is 44.9 Å². The van der Waals surface area contributed by atoms with E-state index in [4.69, 9.17) is 11.6 Å². The number of benzene rings is 2. The zero-order chi connectivity index (χ0) is 13.9. The van der Waals surface area contributed by atoms with Crippen LogP contribution in [0.2, 0.25) is 5.02 Å². The van der Waals surface area contributed by atoms with Crippen LogP contribution in [0, 0.1) is 0 Å². The number of amides is 1. The standard InChI is InChI=1S/C16H13ClN2O/c17-13-5-1-3-11(9-13)10-19-16(20)14-6-2-4-12-7-8-18-15(12)14/h1-9,18H,10H2,(H,19,20). The number of H-pyrrole nitrogens is 1. The van der Waals surface area contributed by atoms with E-state index in [1.165, 1.54) is 0 Å². The van der Waals surface area contributed by atoms with Crippen LogP contribution >= 0.6 is 11.6 Å². The summed E-state index contributed by atoms with van der Waals surface area (Å²) in [6.07, 6.45) is 1.83. The second-order valence-corrected chi connectivity index (χ2v) is 5.00. The van der Waals surface area contributed by atoms with Gasteiger partial charge in [-0.2, -0.15) is 0 Å². The third kappa shape index (κ3) is 2.53. The van der Waals surface area contributed by atoms with Gasteiger partial charge in [0.2, 0.25) is 0 Å². The fourth-order valence-electron chi connectivity index (χ4n) is 2.20. The summed E-state index contributed by atoms with van der Waals surface area (Å²) in [6.45, 7) is 0.455. The molecule has 0 aliphatic carbocycles. The molecular weight excluding hydrogens is 272 g/mol. The van der Waals surface area contributed by atoms with Crippen molar-refractivity contribution in [3.8, 4) is 0 Å². The summed E-state index contributed by atoms with van der Waals surface area (Å²) in [7, 11) is 0. The molecular formula is C16H13ClN2O. The molecule has 1 heterocycles. The van der Waals surface area contributed by atoms with Gasteiger partial charge in [0.05, 0.1) is 11.1 Å². The van der Waals surface area contributed by atoms with Gasteiger partial charge in [0, 0.05) is 23.2 Å². The molecule has 3 rings (SSSR count). The summed E-state index contributed by atoms with van der Waals surface area (Å²) in [4.78, 5) is 15.3. The Hall–Kier alpha value is -2.26. The van der Waals surface area contributed by atoms with Crippen LogP contribution in [0.15, 0.2) is 54.7 Å². The normalized spacial score (nSPS) is 10.7. The van der Waals surface area contributed by atoms with E-state index in [0.29, 0.717) is 17.1 Å². The molecule has 4 heteroatoms. The third-order valence-electron chi connectivity index (χ3n) is 3.17. The van der Waals surface area contributed by atoms with Gasteiger partial charge >= 0.3 is 0 Å². The molecule has 3 aromatic rings. The Morgan fingerprint density at radius 2 is 2.00 bits per heavy atom. The second-order valence-electron chi connectivity index (χ2n) is 4.56. The Bertz CT molecular complexity index is 764. The van der Waals surface area contributed by atoms with Crippen LogP contribution < -0.4 is 5.32 Å². The van der Waals surface area contributed by atoms with E-state index in [0.717, 1.165) is 16.5 Å². The first-order valence-corrected chi connectivity index (χ1v) is 6.70. The lowest BCUT2D eigenvalue weighted by Crippen LogP contribution is -2.23. The van der Waals surface area contributed by atoms with Gasteiger partial charge < -0.3 is 10.3 Å². The zero-order valence-corrected chi connectivity index (χ0v) is 11.4. The van der Waals surface area contributed by atoms with Crippen LogP contribution in [-0.4, -0.2) is 10.9 Å². The molecule has 2 aromatic carbocycles. The number of carbonyl (C=O) groups is 1. The number of hydrogen-bond donors (Lipinski definition) is 2. The number of aromatic nitrogens is 1. The van der Waals surface area contributed by atoms with Gasteiger partial charge in [0.15, 0.2) is 0 Å². The number of aromatic amines is 1. The fraction of sp³-hybridized carbons (Fsp3) is 0.0625. The Morgan fingerprint density at radius 3 is 2.85 bits per heavy atom. The highest BCUT2D eigenvalue weighted by molar-refractivity contribution is 6.30. The molecule has 0 aliphatic rings. The predicted molar refractivity (Wildman–Crippen MR) is 80.9 cm³/mol. The van der Waals surface area contributed by atoms with Crippen LogP contribution in [0.3, 0.4) is 0 Å². The molecule has 0 saturated heterocycles. The maximum Gasteiger partial charge on any atom is 0.253 e. The number of nitrogens with one attached hydrogen (secondary N) is 2. The van der Waals surface area contributed by atoms with Crippen molar-refractivity contribution in [3.05, 3.63) is 70.9 Å². The highest BCUT2D eigenvalue weighted by Crippen LogP contribution is 2.17. The van der Waals surface area contributed by atoms with E-state index in [1.807, 2.05) is 54.7 Å². The molecule has 0 saturated carbocycles. The highest BCUT2D eigenvalue weighted by Gasteiger charge is 2.10. The molecule has 3 nitrogen and oxygen atoms in total. The number of rotatable bonds is 3. The van der Waals surface area contributed by atoms with Gasteiger partial charge in [-0.1, -0.05) is 35.9 Å². The Labute approximate surface area is 121 Å². The van der Waals surface area contributed by atoms with E-state index in [2.05, 4.69) is 10.3 Å². The number of halogens is 1. The lowest BCUT2D eigenvalue weighted by Gasteiger charge is -2.07. The number of carbonyl (C=O) groups excluding carboxylic acids is 1. The smallest absolute Gasteiger partial charge is 0.253 e. The first kappa shape index (κ1) is 12.8. The number of fused-ring (bicyclic) bond motifs is 1. The summed E-state index contributed by atoms with van der Waals surface area (Å²) in [5.74, 6) is -0.0991. The van der Waals surface area contributed by atoms with Gasteiger partial charge in [-0.15, -0.1) is 0 Å². The molecule has 0 aliphatic heterocycles. The van der Waals surface area contributed by atoms with Crippen molar-refractivity contribution >= 4 is 28.4 Å². The minimum Gasteiger partial charge on any atom is -0.361 e. The lowest BCUT2D eigenvalue weighted by atomic mass is 10.1. The maximum atomic E-state index is 12.3. The molecule has 1 amide bonds. The van der Waals surface area contributed by atoms with Crippen molar-refractivity contribution < 1.29 is 4.79 Å². The molecule has 20 heavy (non-hydrogen) atoms. The van der Waals surface area contributed by atoms with Gasteiger partial charge in [-0.05, 0) is 29.8 Å². The summed E-state index contributed by atoms with van der Waals surface area (Å²) >= 11 is 5.92. The summed E-state index contributed by atoms with van der Waals surface area (Å²) in [5.41, 5.74) is 2.48. The highest BCUT2D eigenvalue weighted by atomic mass is 35.5. The Kier molecular flexibility index (Phi) is 3.44. The van der Waals surface area contributed by atoms with E-state index in [9.17, 15) is 4.79 Å². The summed E-state index contributed by atoms with van der Waals surface area (Å²) < 4.78 is 0. The van der Waals surface area contributed by atoms with Crippen molar-refractivity contribution in [1.82, 2.24) is 10.3 Å². The zero-order valence-electron chi connectivity index (χ0n) is 10.7. The van der Waals surface area contributed by atoms with Gasteiger partial charge in [-0.25, -0.2) is 0 Å². The molecule has 1 aromatic heterocycles. The summed E-state index contributed by atoms with van der Waals surface area (Å²) in [6, 6.07) is 15.1. The average molecular weight is 285 g/mol. The minimum atomic E-state index is -0.0991. The van der Waals surface area contributed by atoms with E-state index in [1.54, 1.807) is 0 Å². The fourth-order valence-corrected chi connectivity index (χ4v) is 2.41. The van der Waals surface area contributed by atoms with Crippen molar-refractivity contribution in [2.75, 3.05) is 0 Å². The lowest BCUT2D eigenvalue weighted by molar-refractivity contribution is 0.0952. The molecule has 2 N–H and O–H groups in total. The number of para-hydroxylation sites is 1. The van der Waals surface area contributed by atoms with E-state index >= 15 is 0 Å². The van der Waals surface area contributed by atoms with Gasteiger partial charge in [0.1, 0.15) is 0 Å². The van der Waals surface area contributed by atoms with Crippen molar-refractivity contribution in [1.29, 1.82) is 0 Å². The number of hydrogen-bond acceptors (Lipinski definition) is 1. The molecule has 0 bridgehead atoms. The van der Waals surface area contributed by atoms with Crippen LogP contribution in [0.1, 0.15) is 15.9 Å². The molecule has 100 valence electrons. The molecule has 0 unspecified atom stereocenters. The van der Waals surface area contributed by atoms with Crippen LogP contribution in [0.5, 0.6) is 0 Å². The Balaban J connectivity index is 1.78. The van der Waals surface area contributed by atoms with E-state index < -0.39 is 0 Å². The molecule has 0 fully saturated rings. The maximum absolute atomic E-state index is 12.3. The van der Waals surface area contributed by atoms with Crippen molar-refractivity contribution in [2.45, 2.75) is 6.54 Å². The van der Waals surface area contributed by atoms with Crippen LogP contribution in [-0.2, 0) is 6.54 Å². The van der Waals surface area contributed by atoms with Gasteiger partial charge in [-0.3, -0.25) is 4.79 Å². The van der Waals surface area contributed by atoms with Gasteiger partial charge in [0.25, 0.3) is 5.91 Å². The van der Waals surface area contributed by atoms with Crippen molar-refractivity contribution in [3.63, 3.8) is 0 Å².